The Labute approximate surface area is 219 Å². The van der Waals surface area contributed by atoms with Crippen LogP contribution in [0.15, 0.2) is 11.6 Å². The van der Waals surface area contributed by atoms with E-state index in [0.717, 1.165) is 44.9 Å². The topological polar surface area (TPSA) is 63.6 Å². The molecule has 0 aromatic rings. The maximum absolute atomic E-state index is 13.1. The van der Waals surface area contributed by atoms with Crippen LogP contribution in [0.25, 0.3) is 0 Å². The number of carboxylic acids is 1. The number of rotatable bonds is 3. The van der Waals surface area contributed by atoms with Crippen molar-refractivity contribution in [2.45, 2.75) is 112 Å². The summed E-state index contributed by atoms with van der Waals surface area (Å²) in [6.07, 6.45) is 12.4. The van der Waals surface area contributed by atoms with E-state index in [9.17, 15) is 14.7 Å². The van der Waals surface area contributed by atoms with Gasteiger partial charge >= 0.3 is 5.97 Å². The third-order valence-corrected chi connectivity index (χ3v) is 13.8. The summed E-state index contributed by atoms with van der Waals surface area (Å²) in [5.41, 5.74) is 0.569. The van der Waals surface area contributed by atoms with Crippen LogP contribution in [0.1, 0.15) is 106 Å². The van der Waals surface area contributed by atoms with Crippen molar-refractivity contribution in [3.05, 3.63) is 11.6 Å². The van der Waals surface area contributed by atoms with E-state index in [1.165, 1.54) is 18.3 Å². The molecule has 4 fully saturated rings. The number of hydrogen-bond acceptors (Lipinski definition) is 3. The second-order valence-electron chi connectivity index (χ2n) is 15.4. The van der Waals surface area contributed by atoms with E-state index in [1.807, 2.05) is 0 Å². The highest BCUT2D eigenvalue weighted by Crippen LogP contribution is 2.76. The third kappa shape index (κ3) is 3.03. The predicted octanol–water partition coefficient (Wildman–Crippen LogP) is 7.31. The van der Waals surface area contributed by atoms with Crippen molar-refractivity contribution in [1.29, 1.82) is 0 Å². The van der Waals surface area contributed by atoms with Gasteiger partial charge in [-0.2, -0.15) is 0 Å². The monoisotopic (exact) mass is 498 g/mol. The molecule has 4 unspecified atom stereocenters. The van der Waals surface area contributed by atoms with Gasteiger partial charge in [0.1, 0.15) is 11.7 Å². The first-order valence-corrected chi connectivity index (χ1v) is 14.6. The van der Waals surface area contributed by atoms with E-state index < -0.39 is 11.4 Å². The second-order valence-corrected chi connectivity index (χ2v) is 15.4. The molecular formula is C32H50O4. The summed E-state index contributed by atoms with van der Waals surface area (Å²) >= 11 is 0. The van der Waals surface area contributed by atoms with Crippen LogP contribution in [-0.4, -0.2) is 30.6 Å². The number of carbonyl (C=O) groups excluding carboxylic acids is 1. The van der Waals surface area contributed by atoms with Crippen LogP contribution in [0, 0.1) is 56.2 Å². The Morgan fingerprint density at radius 2 is 1.69 bits per heavy atom. The average Bonchev–Trinajstić information content (AvgIpc) is 2.81. The quantitative estimate of drug-likeness (QED) is 0.327. The summed E-state index contributed by atoms with van der Waals surface area (Å²) in [6, 6.07) is 0. The van der Waals surface area contributed by atoms with E-state index in [-0.39, 0.29) is 39.1 Å². The molecule has 1 N–H and O–H groups in total. The molecule has 0 spiro atoms. The molecule has 5 aliphatic rings. The molecule has 0 aromatic carbocycles. The van der Waals surface area contributed by atoms with Gasteiger partial charge in [0, 0.05) is 12.5 Å². The second kappa shape index (κ2) is 7.93. The first-order valence-electron chi connectivity index (χ1n) is 14.6. The van der Waals surface area contributed by atoms with E-state index >= 15 is 0 Å². The van der Waals surface area contributed by atoms with Gasteiger partial charge in [-0.05, 0) is 103 Å². The molecule has 0 bridgehead atoms. The summed E-state index contributed by atoms with van der Waals surface area (Å²) in [6.45, 7) is 16.6. The van der Waals surface area contributed by atoms with E-state index in [1.54, 1.807) is 7.11 Å². The molecule has 36 heavy (non-hydrogen) atoms. The molecule has 202 valence electrons. The van der Waals surface area contributed by atoms with Crippen LogP contribution in [0.3, 0.4) is 0 Å². The van der Waals surface area contributed by atoms with Crippen LogP contribution in [0.2, 0.25) is 0 Å². The van der Waals surface area contributed by atoms with Crippen molar-refractivity contribution >= 4 is 12.3 Å². The zero-order chi connectivity index (χ0) is 26.5. The Hall–Kier alpha value is -1.16. The van der Waals surface area contributed by atoms with Gasteiger partial charge in [0.05, 0.1) is 6.10 Å². The zero-order valence-corrected chi connectivity index (χ0v) is 24.1. The molecule has 0 aromatic heterocycles. The number of aliphatic carboxylic acids is 1. The van der Waals surface area contributed by atoms with Crippen LogP contribution in [0.5, 0.6) is 0 Å². The molecule has 0 heterocycles. The third-order valence-electron chi connectivity index (χ3n) is 13.8. The summed E-state index contributed by atoms with van der Waals surface area (Å²) < 4.78 is 6.17. The van der Waals surface area contributed by atoms with E-state index in [0.29, 0.717) is 24.2 Å². The van der Waals surface area contributed by atoms with Crippen molar-refractivity contribution in [3.8, 4) is 0 Å². The largest absolute Gasteiger partial charge is 0.481 e. The molecule has 0 saturated heterocycles. The number of methoxy groups -OCH3 is 1. The maximum atomic E-state index is 13.1. The Balaban J connectivity index is 1.65. The SMILES string of the molecule is COC1C[C@]2(C)C(=CCC3C4(C)CC[C@H](C)[C@](C)(C=O)[C@@H]4CC[C@@]32C)C2CC(C)(C)CC[C@]12C(=O)O. The highest BCUT2D eigenvalue weighted by Gasteiger charge is 2.71. The normalized spacial score (nSPS) is 53.7. The number of hydrogen-bond donors (Lipinski definition) is 1. The Bertz CT molecular complexity index is 983. The summed E-state index contributed by atoms with van der Waals surface area (Å²) in [7, 11) is 1.74. The number of ether oxygens (including phenoxy) is 1. The molecule has 4 heteroatoms. The Kier molecular flexibility index (Phi) is 5.83. The standard InChI is InChI=1S/C32H50O4/c1-20-11-13-28(4)23(29(20,5)19-33)12-14-30(6)24(28)10-9-21-22-17-27(2,3)15-16-32(22,26(34)35)25(36-8)18-31(21,30)7/h9,19-20,22-25H,10-18H2,1-8H3,(H,34,35)/t20-,22?,23+,24?,25?,28?,29-,30-,31+,32+/m0/s1. The van der Waals surface area contributed by atoms with Gasteiger partial charge in [-0.15, -0.1) is 0 Å². The summed E-state index contributed by atoms with van der Waals surface area (Å²) in [5.74, 6) is 0.698. The van der Waals surface area contributed by atoms with Gasteiger partial charge < -0.3 is 14.6 Å². The van der Waals surface area contributed by atoms with Gasteiger partial charge in [0.2, 0.25) is 0 Å². The number of aldehydes is 1. The van der Waals surface area contributed by atoms with Crippen LogP contribution in [-0.2, 0) is 14.3 Å². The number of carbonyl (C=O) groups is 2. The minimum Gasteiger partial charge on any atom is -0.481 e. The lowest BCUT2D eigenvalue weighted by Gasteiger charge is -2.71. The van der Waals surface area contributed by atoms with Crippen molar-refractivity contribution in [3.63, 3.8) is 0 Å². The van der Waals surface area contributed by atoms with Crippen LogP contribution < -0.4 is 0 Å². The molecule has 4 saturated carbocycles. The molecule has 5 rings (SSSR count). The fourth-order valence-electron chi connectivity index (χ4n) is 11.1. The summed E-state index contributed by atoms with van der Waals surface area (Å²) in [4.78, 5) is 25.6. The highest BCUT2D eigenvalue weighted by atomic mass is 16.5. The zero-order valence-electron chi connectivity index (χ0n) is 24.1. The minimum absolute atomic E-state index is 0.0253. The van der Waals surface area contributed by atoms with Gasteiger partial charge in [-0.3, -0.25) is 4.79 Å². The lowest BCUT2D eigenvalue weighted by atomic mass is 9.33. The fourth-order valence-corrected chi connectivity index (χ4v) is 11.1. The molecule has 0 radical (unpaired) electrons. The van der Waals surface area contributed by atoms with Crippen molar-refractivity contribution in [2.24, 2.45) is 56.2 Å². The van der Waals surface area contributed by atoms with Crippen LogP contribution >= 0.6 is 0 Å². The predicted molar refractivity (Wildman–Crippen MR) is 142 cm³/mol. The molecule has 0 amide bonds. The van der Waals surface area contributed by atoms with Gasteiger partial charge in [0.25, 0.3) is 0 Å². The smallest absolute Gasteiger partial charge is 0.312 e. The molecule has 10 atom stereocenters. The highest BCUT2D eigenvalue weighted by molar-refractivity contribution is 5.77. The molecule has 0 aliphatic heterocycles. The first kappa shape index (κ1) is 26.4. The van der Waals surface area contributed by atoms with Crippen molar-refractivity contribution in [1.82, 2.24) is 0 Å². The minimum atomic E-state index is -0.823. The maximum Gasteiger partial charge on any atom is 0.312 e. The molecular weight excluding hydrogens is 448 g/mol. The molecule has 5 aliphatic carbocycles. The van der Waals surface area contributed by atoms with E-state index in [2.05, 4.69) is 54.5 Å². The van der Waals surface area contributed by atoms with Gasteiger partial charge in [0.15, 0.2) is 0 Å². The average molecular weight is 499 g/mol. The number of carboxylic acid groups (broad SMARTS) is 1. The summed E-state index contributed by atoms with van der Waals surface area (Å²) in [5, 5.41) is 10.7. The Morgan fingerprint density at radius 3 is 2.31 bits per heavy atom. The first-order chi connectivity index (χ1) is 16.7. The van der Waals surface area contributed by atoms with Gasteiger partial charge in [-0.1, -0.05) is 60.1 Å². The van der Waals surface area contributed by atoms with Crippen molar-refractivity contribution < 1.29 is 19.4 Å². The van der Waals surface area contributed by atoms with Gasteiger partial charge in [-0.25, -0.2) is 0 Å². The number of allylic oxidation sites excluding steroid dienone is 2. The lowest BCUT2D eigenvalue weighted by Crippen LogP contribution is -2.67. The molecule has 4 nitrogen and oxygen atoms in total. The van der Waals surface area contributed by atoms with E-state index in [4.69, 9.17) is 4.74 Å². The fraction of sp³-hybridized carbons (Fsp3) is 0.875. The lowest BCUT2D eigenvalue weighted by molar-refractivity contribution is -0.214. The van der Waals surface area contributed by atoms with Crippen molar-refractivity contribution in [2.75, 3.05) is 7.11 Å². The van der Waals surface area contributed by atoms with Crippen LogP contribution in [0.4, 0.5) is 0 Å². The Morgan fingerprint density at radius 1 is 1.00 bits per heavy atom. The number of fused-ring (bicyclic) bond motifs is 7.